The van der Waals surface area contributed by atoms with Gasteiger partial charge in [0, 0.05) is 18.8 Å². The number of nitrogens with zero attached hydrogens (tertiary/aromatic N) is 2. The number of likely N-dealkylation sites (N-methyl/N-ethyl adjacent to an activating group) is 1. The summed E-state index contributed by atoms with van der Waals surface area (Å²) >= 11 is 0. The summed E-state index contributed by atoms with van der Waals surface area (Å²) in [5.74, 6) is -0.0438. The first kappa shape index (κ1) is 15.9. The molecule has 3 N–H and O–H groups in total. The minimum atomic E-state index is -0.631. The van der Waals surface area contributed by atoms with E-state index in [9.17, 15) is 9.59 Å². The standard InChI is InChI=1S/C12H18N4O4/c1-14-6-10(17)19-7-9-4-3-5-15-11(9)16(2)12(18)20-8-13/h3-5,14H,6-8,13H2,1-2H3. The van der Waals surface area contributed by atoms with Crippen LogP contribution in [0.25, 0.3) is 0 Å². The summed E-state index contributed by atoms with van der Waals surface area (Å²) in [5, 5.41) is 2.69. The molecule has 8 heteroatoms. The Morgan fingerprint density at radius 3 is 2.85 bits per heavy atom. The molecule has 1 aromatic rings. The fraction of sp³-hybridized carbons (Fsp3) is 0.417. The number of hydrogen-bond acceptors (Lipinski definition) is 7. The lowest BCUT2D eigenvalue weighted by molar-refractivity contribution is -0.143. The fourth-order valence-corrected chi connectivity index (χ4v) is 1.45. The van der Waals surface area contributed by atoms with Gasteiger partial charge in [0.2, 0.25) is 0 Å². The molecule has 1 aromatic heterocycles. The maximum absolute atomic E-state index is 11.6. The highest BCUT2D eigenvalue weighted by atomic mass is 16.6. The normalized spacial score (nSPS) is 9.95. The molecule has 0 atom stereocenters. The average Bonchev–Trinajstić information content (AvgIpc) is 2.45. The van der Waals surface area contributed by atoms with Gasteiger partial charge >= 0.3 is 12.1 Å². The van der Waals surface area contributed by atoms with E-state index in [2.05, 4.69) is 15.0 Å². The molecule has 0 aliphatic heterocycles. The third-order valence-electron chi connectivity index (χ3n) is 2.38. The zero-order chi connectivity index (χ0) is 15.0. The third-order valence-corrected chi connectivity index (χ3v) is 2.38. The second-order valence-corrected chi connectivity index (χ2v) is 3.81. The molecular formula is C12H18N4O4. The number of ether oxygens (including phenoxy) is 2. The zero-order valence-corrected chi connectivity index (χ0v) is 11.5. The van der Waals surface area contributed by atoms with Crippen molar-refractivity contribution in [3.05, 3.63) is 23.9 Å². The van der Waals surface area contributed by atoms with Crippen LogP contribution in [0.1, 0.15) is 5.56 Å². The van der Waals surface area contributed by atoms with Crippen LogP contribution in [0.4, 0.5) is 10.6 Å². The average molecular weight is 282 g/mol. The number of carbonyl (C=O) groups is 2. The molecule has 1 rings (SSSR count). The highest BCUT2D eigenvalue weighted by Gasteiger charge is 2.17. The first-order valence-corrected chi connectivity index (χ1v) is 5.94. The second kappa shape index (κ2) is 8.08. The van der Waals surface area contributed by atoms with Crippen LogP contribution in [0.3, 0.4) is 0 Å². The van der Waals surface area contributed by atoms with E-state index in [1.54, 1.807) is 19.2 Å². The number of aromatic nitrogens is 1. The molecule has 0 fully saturated rings. The summed E-state index contributed by atoms with van der Waals surface area (Å²) in [7, 11) is 3.15. The lowest BCUT2D eigenvalue weighted by atomic mass is 10.2. The summed E-state index contributed by atoms with van der Waals surface area (Å²) < 4.78 is 9.74. The first-order chi connectivity index (χ1) is 9.60. The predicted octanol–water partition coefficient (Wildman–Crippen LogP) is -0.167. The Morgan fingerprint density at radius 2 is 2.20 bits per heavy atom. The minimum Gasteiger partial charge on any atom is -0.460 e. The Kier molecular flexibility index (Phi) is 6.41. The summed E-state index contributed by atoms with van der Waals surface area (Å²) in [6.07, 6.45) is 0.898. The van der Waals surface area contributed by atoms with Crippen LogP contribution in [-0.4, -0.2) is 44.4 Å². The van der Waals surface area contributed by atoms with E-state index < -0.39 is 12.1 Å². The van der Waals surface area contributed by atoms with E-state index in [4.69, 9.17) is 10.5 Å². The van der Waals surface area contributed by atoms with E-state index in [-0.39, 0.29) is 19.9 Å². The quantitative estimate of drug-likeness (QED) is 0.551. The SMILES string of the molecule is CNCC(=O)OCc1cccnc1N(C)C(=O)OCN. The van der Waals surface area contributed by atoms with Crippen LogP contribution in [0.2, 0.25) is 0 Å². The molecule has 0 unspecified atom stereocenters. The Balaban J connectivity index is 2.77. The molecule has 20 heavy (non-hydrogen) atoms. The molecule has 1 heterocycles. The van der Waals surface area contributed by atoms with Gasteiger partial charge in [-0.3, -0.25) is 15.4 Å². The van der Waals surface area contributed by atoms with Gasteiger partial charge in [-0.25, -0.2) is 9.78 Å². The van der Waals surface area contributed by atoms with Gasteiger partial charge in [-0.05, 0) is 13.1 Å². The van der Waals surface area contributed by atoms with E-state index in [1.807, 2.05) is 0 Å². The number of carbonyl (C=O) groups excluding carboxylic acids is 2. The van der Waals surface area contributed by atoms with Gasteiger partial charge in [0.15, 0.2) is 0 Å². The molecule has 0 bridgehead atoms. The van der Waals surface area contributed by atoms with Gasteiger partial charge in [-0.1, -0.05) is 6.07 Å². The monoisotopic (exact) mass is 282 g/mol. The Bertz CT molecular complexity index is 467. The van der Waals surface area contributed by atoms with Crippen LogP contribution < -0.4 is 16.0 Å². The van der Waals surface area contributed by atoms with Gasteiger partial charge in [-0.15, -0.1) is 0 Å². The van der Waals surface area contributed by atoms with Crippen molar-refractivity contribution in [1.29, 1.82) is 0 Å². The lowest BCUT2D eigenvalue weighted by Gasteiger charge is -2.18. The highest BCUT2D eigenvalue weighted by Crippen LogP contribution is 2.17. The van der Waals surface area contributed by atoms with Crippen LogP contribution in [0.15, 0.2) is 18.3 Å². The number of amides is 1. The number of anilines is 1. The van der Waals surface area contributed by atoms with E-state index in [1.165, 1.54) is 18.1 Å². The van der Waals surface area contributed by atoms with Crippen molar-refractivity contribution >= 4 is 17.9 Å². The van der Waals surface area contributed by atoms with Gasteiger partial charge in [0.25, 0.3) is 0 Å². The minimum absolute atomic E-state index is 0.0178. The van der Waals surface area contributed by atoms with Gasteiger partial charge < -0.3 is 14.8 Å². The Labute approximate surface area is 116 Å². The highest BCUT2D eigenvalue weighted by molar-refractivity contribution is 5.86. The van der Waals surface area contributed by atoms with Crippen molar-refractivity contribution < 1.29 is 19.1 Å². The van der Waals surface area contributed by atoms with Crippen molar-refractivity contribution in [2.75, 3.05) is 32.3 Å². The van der Waals surface area contributed by atoms with Gasteiger partial charge in [-0.2, -0.15) is 0 Å². The van der Waals surface area contributed by atoms with E-state index >= 15 is 0 Å². The largest absolute Gasteiger partial charge is 0.460 e. The first-order valence-electron chi connectivity index (χ1n) is 5.94. The number of pyridine rings is 1. The predicted molar refractivity (Wildman–Crippen MR) is 71.9 cm³/mol. The third kappa shape index (κ3) is 4.48. The molecule has 0 saturated carbocycles. The smallest absolute Gasteiger partial charge is 0.416 e. The molecule has 0 saturated heterocycles. The molecule has 0 aliphatic carbocycles. The number of esters is 1. The molecule has 0 radical (unpaired) electrons. The summed E-state index contributed by atoms with van der Waals surface area (Å²) in [6.45, 7) is -0.0902. The van der Waals surface area contributed by atoms with E-state index in [0.717, 1.165) is 0 Å². The molecule has 1 amide bonds. The van der Waals surface area contributed by atoms with Crippen molar-refractivity contribution in [3.63, 3.8) is 0 Å². The number of nitrogens with two attached hydrogens (primary N) is 1. The van der Waals surface area contributed by atoms with Crippen molar-refractivity contribution in [2.24, 2.45) is 5.73 Å². The molecule has 110 valence electrons. The Hall–Kier alpha value is -2.19. The van der Waals surface area contributed by atoms with Crippen molar-refractivity contribution in [1.82, 2.24) is 10.3 Å². The van der Waals surface area contributed by atoms with Crippen molar-refractivity contribution in [2.45, 2.75) is 6.61 Å². The van der Waals surface area contributed by atoms with Gasteiger partial charge in [0.05, 0.1) is 6.54 Å². The molecule has 8 nitrogen and oxygen atoms in total. The maximum atomic E-state index is 11.6. The zero-order valence-electron chi connectivity index (χ0n) is 11.5. The van der Waals surface area contributed by atoms with Crippen molar-refractivity contribution in [3.8, 4) is 0 Å². The molecule has 0 aromatic carbocycles. The van der Waals surface area contributed by atoms with E-state index in [0.29, 0.717) is 11.4 Å². The van der Waals surface area contributed by atoms with Crippen LogP contribution >= 0.6 is 0 Å². The van der Waals surface area contributed by atoms with Gasteiger partial charge in [0.1, 0.15) is 19.2 Å². The van der Waals surface area contributed by atoms with Crippen LogP contribution in [0.5, 0.6) is 0 Å². The lowest BCUT2D eigenvalue weighted by Crippen LogP contribution is -2.30. The fourth-order valence-electron chi connectivity index (χ4n) is 1.45. The molecule has 0 spiro atoms. The van der Waals surface area contributed by atoms with Crippen LogP contribution in [0, 0.1) is 0 Å². The number of nitrogens with one attached hydrogen (secondary N) is 1. The van der Waals surface area contributed by atoms with Crippen LogP contribution in [-0.2, 0) is 20.9 Å². The topological polar surface area (TPSA) is 107 Å². The summed E-state index contributed by atoms with van der Waals surface area (Å²) in [6, 6.07) is 3.40. The summed E-state index contributed by atoms with van der Waals surface area (Å²) in [5.41, 5.74) is 5.74. The number of hydrogen-bond donors (Lipinski definition) is 2. The Morgan fingerprint density at radius 1 is 1.45 bits per heavy atom. The maximum Gasteiger partial charge on any atom is 0.416 e. The molecular weight excluding hydrogens is 264 g/mol. The number of rotatable bonds is 6. The second-order valence-electron chi connectivity index (χ2n) is 3.81. The summed E-state index contributed by atoms with van der Waals surface area (Å²) in [4.78, 5) is 28.2. The molecule has 0 aliphatic rings.